The first-order valence-electron chi connectivity index (χ1n) is 10.5. The Morgan fingerprint density at radius 1 is 0.909 bits per heavy atom. The molecule has 168 valence electrons. The summed E-state index contributed by atoms with van der Waals surface area (Å²) in [6, 6.07) is 20.6. The molecule has 2 aromatic carbocycles. The maximum atomic E-state index is 12.4. The van der Waals surface area contributed by atoms with Gasteiger partial charge in [0.1, 0.15) is 0 Å². The lowest BCUT2D eigenvalue weighted by Gasteiger charge is -2.09. The highest BCUT2D eigenvalue weighted by Gasteiger charge is 2.15. The third-order valence-corrected chi connectivity index (χ3v) is 6.60. The monoisotopic (exact) mass is 477 g/mol. The molecule has 0 saturated carbocycles. The van der Waals surface area contributed by atoms with Gasteiger partial charge in [0.2, 0.25) is 11.8 Å². The number of carbonyl (C=O) groups is 2. The number of benzene rings is 2. The lowest BCUT2D eigenvalue weighted by molar-refractivity contribution is -0.115. The number of carbonyl (C=O) groups excluding carboxylic acids is 2. The number of thiophene rings is 1. The summed E-state index contributed by atoms with van der Waals surface area (Å²) >= 11 is 2.97. The van der Waals surface area contributed by atoms with E-state index in [9.17, 15) is 9.59 Å². The van der Waals surface area contributed by atoms with Crippen molar-refractivity contribution in [1.82, 2.24) is 14.8 Å². The summed E-state index contributed by atoms with van der Waals surface area (Å²) in [5, 5.41) is 17.0. The minimum atomic E-state index is -0.135. The van der Waals surface area contributed by atoms with Gasteiger partial charge in [0.25, 0.3) is 0 Å². The molecule has 0 radical (unpaired) electrons. The fraction of sp³-hybridized carbons (Fsp3) is 0.167. The summed E-state index contributed by atoms with van der Waals surface area (Å²) in [6.45, 7) is 2.76. The van der Waals surface area contributed by atoms with Crippen molar-refractivity contribution >= 4 is 46.3 Å². The molecule has 0 aliphatic rings. The topological polar surface area (TPSA) is 88.9 Å². The first-order chi connectivity index (χ1) is 16.1. The molecule has 0 fully saturated rings. The minimum absolute atomic E-state index is 0.0867. The maximum absolute atomic E-state index is 12.4. The second kappa shape index (κ2) is 10.9. The zero-order chi connectivity index (χ0) is 23.0. The van der Waals surface area contributed by atoms with Crippen LogP contribution in [0.15, 0.2) is 77.3 Å². The molecular formula is C24H23N5O2S2. The average Bonchev–Trinajstić information content (AvgIpc) is 3.49. The van der Waals surface area contributed by atoms with E-state index in [0.29, 0.717) is 23.0 Å². The van der Waals surface area contributed by atoms with Gasteiger partial charge in [0.05, 0.1) is 17.1 Å². The van der Waals surface area contributed by atoms with Crippen LogP contribution in [0.3, 0.4) is 0 Å². The van der Waals surface area contributed by atoms with E-state index in [-0.39, 0.29) is 17.6 Å². The van der Waals surface area contributed by atoms with Crippen LogP contribution in [0.25, 0.3) is 10.7 Å². The van der Waals surface area contributed by atoms with Crippen molar-refractivity contribution in [3.63, 3.8) is 0 Å². The lowest BCUT2D eigenvalue weighted by Crippen LogP contribution is -2.15. The number of nitrogens with zero attached hydrogens (tertiary/aromatic N) is 3. The summed E-state index contributed by atoms with van der Waals surface area (Å²) in [5.74, 6) is 0.818. The van der Waals surface area contributed by atoms with E-state index >= 15 is 0 Å². The minimum Gasteiger partial charge on any atom is -0.326 e. The fourth-order valence-electron chi connectivity index (χ4n) is 3.22. The fourth-order valence-corrected chi connectivity index (χ4v) is 4.74. The van der Waals surface area contributed by atoms with E-state index in [4.69, 9.17) is 0 Å². The maximum Gasteiger partial charge on any atom is 0.234 e. The Balaban J connectivity index is 1.28. The smallest absolute Gasteiger partial charge is 0.234 e. The van der Waals surface area contributed by atoms with Gasteiger partial charge >= 0.3 is 0 Å². The van der Waals surface area contributed by atoms with E-state index < -0.39 is 0 Å². The number of rotatable bonds is 9. The molecule has 4 rings (SSSR count). The molecule has 2 heterocycles. The molecule has 0 aliphatic heterocycles. The van der Waals surface area contributed by atoms with Gasteiger partial charge in [-0.3, -0.25) is 9.59 Å². The molecule has 0 saturated heterocycles. The van der Waals surface area contributed by atoms with E-state index in [1.54, 1.807) is 35.6 Å². The largest absolute Gasteiger partial charge is 0.326 e. The Morgan fingerprint density at radius 2 is 1.61 bits per heavy atom. The Bertz CT molecular complexity index is 1210. The Hall–Kier alpha value is -3.43. The van der Waals surface area contributed by atoms with Crippen LogP contribution in [0, 0.1) is 0 Å². The van der Waals surface area contributed by atoms with Crippen LogP contribution in [-0.4, -0.2) is 32.3 Å². The first-order valence-corrected chi connectivity index (χ1v) is 12.3. The standard InChI is InChI=1S/C24H23N5O2S2/c1-2-29-23(20-9-6-14-32-20)27-28-24(29)33-16-22(31)26-19-12-10-18(11-13-19)25-21(30)15-17-7-4-3-5-8-17/h3-14H,2,15-16H2,1H3,(H,25,30)(H,26,31). The Morgan fingerprint density at radius 3 is 2.24 bits per heavy atom. The quantitative estimate of drug-likeness (QED) is 0.333. The number of amides is 2. The van der Waals surface area contributed by atoms with Crippen LogP contribution < -0.4 is 10.6 Å². The van der Waals surface area contributed by atoms with Gasteiger partial charge in [-0.1, -0.05) is 48.2 Å². The molecule has 9 heteroatoms. The van der Waals surface area contributed by atoms with Gasteiger partial charge in [-0.2, -0.15) is 0 Å². The molecule has 2 N–H and O–H groups in total. The second-order valence-corrected chi connectivity index (χ2v) is 9.04. The van der Waals surface area contributed by atoms with E-state index in [0.717, 1.165) is 22.8 Å². The zero-order valence-electron chi connectivity index (χ0n) is 18.0. The van der Waals surface area contributed by atoms with Crippen molar-refractivity contribution in [2.75, 3.05) is 16.4 Å². The van der Waals surface area contributed by atoms with E-state index in [1.165, 1.54) is 11.8 Å². The van der Waals surface area contributed by atoms with Crippen LogP contribution >= 0.6 is 23.1 Å². The molecule has 33 heavy (non-hydrogen) atoms. The second-order valence-electron chi connectivity index (χ2n) is 7.15. The number of hydrogen-bond acceptors (Lipinski definition) is 6. The number of anilines is 2. The highest BCUT2D eigenvalue weighted by Crippen LogP contribution is 2.27. The number of aromatic nitrogens is 3. The SMILES string of the molecule is CCn1c(SCC(=O)Nc2ccc(NC(=O)Cc3ccccc3)cc2)nnc1-c1cccs1. The lowest BCUT2D eigenvalue weighted by atomic mass is 10.1. The van der Waals surface area contributed by atoms with Gasteiger partial charge in [-0.05, 0) is 48.2 Å². The molecule has 0 aliphatic carbocycles. The molecule has 7 nitrogen and oxygen atoms in total. The summed E-state index contributed by atoms with van der Waals surface area (Å²) in [7, 11) is 0. The van der Waals surface area contributed by atoms with Gasteiger partial charge in [0, 0.05) is 17.9 Å². The summed E-state index contributed by atoms with van der Waals surface area (Å²) in [4.78, 5) is 25.7. The first kappa shape index (κ1) is 22.8. The average molecular weight is 478 g/mol. The van der Waals surface area contributed by atoms with E-state index in [1.807, 2.05) is 59.3 Å². The van der Waals surface area contributed by atoms with Crippen molar-refractivity contribution in [3.8, 4) is 10.7 Å². The van der Waals surface area contributed by atoms with E-state index in [2.05, 4.69) is 20.8 Å². The molecule has 0 bridgehead atoms. The van der Waals surface area contributed by atoms with Crippen molar-refractivity contribution in [1.29, 1.82) is 0 Å². The Labute approximate surface area is 200 Å². The molecule has 0 atom stereocenters. The zero-order valence-corrected chi connectivity index (χ0v) is 19.7. The van der Waals surface area contributed by atoms with Crippen molar-refractivity contribution in [3.05, 3.63) is 77.7 Å². The van der Waals surface area contributed by atoms with Gasteiger partial charge in [-0.15, -0.1) is 21.5 Å². The predicted molar refractivity (Wildman–Crippen MR) is 134 cm³/mol. The highest BCUT2D eigenvalue weighted by atomic mass is 32.2. The van der Waals surface area contributed by atoms with Gasteiger partial charge in [0.15, 0.2) is 11.0 Å². The molecule has 0 unspecified atom stereocenters. The molecular weight excluding hydrogens is 454 g/mol. The van der Waals surface area contributed by atoms with Crippen LogP contribution in [0.2, 0.25) is 0 Å². The van der Waals surface area contributed by atoms with Crippen molar-refractivity contribution in [2.45, 2.75) is 25.0 Å². The molecule has 0 spiro atoms. The van der Waals surface area contributed by atoms with Crippen LogP contribution in [-0.2, 0) is 22.6 Å². The summed E-state index contributed by atoms with van der Waals surface area (Å²) < 4.78 is 2.01. The number of hydrogen-bond donors (Lipinski definition) is 2. The number of nitrogens with one attached hydrogen (secondary N) is 2. The van der Waals surface area contributed by atoms with Crippen molar-refractivity contribution in [2.24, 2.45) is 0 Å². The summed E-state index contributed by atoms with van der Waals surface area (Å²) in [5.41, 5.74) is 2.30. The molecule has 4 aromatic rings. The van der Waals surface area contributed by atoms with Crippen LogP contribution in [0.1, 0.15) is 12.5 Å². The summed E-state index contributed by atoms with van der Waals surface area (Å²) in [6.07, 6.45) is 0.313. The predicted octanol–water partition coefficient (Wildman–Crippen LogP) is 4.94. The third kappa shape index (κ3) is 6.09. The van der Waals surface area contributed by atoms with Crippen molar-refractivity contribution < 1.29 is 9.59 Å². The van der Waals surface area contributed by atoms with Gasteiger partial charge in [-0.25, -0.2) is 0 Å². The molecule has 2 aromatic heterocycles. The van der Waals surface area contributed by atoms with Crippen LogP contribution in [0.5, 0.6) is 0 Å². The number of thioether (sulfide) groups is 1. The van der Waals surface area contributed by atoms with Crippen LogP contribution in [0.4, 0.5) is 11.4 Å². The highest BCUT2D eigenvalue weighted by molar-refractivity contribution is 7.99. The normalized spacial score (nSPS) is 10.7. The third-order valence-electron chi connectivity index (χ3n) is 4.77. The van der Waals surface area contributed by atoms with Gasteiger partial charge < -0.3 is 15.2 Å². The Kier molecular flexibility index (Phi) is 7.54. The molecule has 2 amide bonds.